The van der Waals surface area contributed by atoms with Crippen LogP contribution in [-0.4, -0.2) is 10.3 Å². The van der Waals surface area contributed by atoms with Crippen molar-refractivity contribution in [3.8, 4) is 11.8 Å². The van der Waals surface area contributed by atoms with Crippen molar-refractivity contribution in [3.05, 3.63) is 162 Å². The molecule has 48 heavy (non-hydrogen) atoms. The molecule has 5 heteroatoms. The van der Waals surface area contributed by atoms with Crippen molar-refractivity contribution in [2.45, 2.75) is 31.5 Å². The van der Waals surface area contributed by atoms with Crippen molar-refractivity contribution >= 4 is 49.5 Å². The number of hydrogen-bond acceptors (Lipinski definition) is 4. The molecule has 2 atom stereocenters. The molecule has 1 aliphatic rings. The first kappa shape index (κ1) is 28.3. The van der Waals surface area contributed by atoms with Crippen molar-refractivity contribution in [3.63, 3.8) is 0 Å². The molecule has 0 bridgehead atoms. The normalized spacial score (nSPS) is 16.9. The zero-order valence-corrected chi connectivity index (χ0v) is 26.3. The van der Waals surface area contributed by atoms with Crippen LogP contribution in [0.25, 0.3) is 49.4 Å². The van der Waals surface area contributed by atoms with Crippen LogP contribution in [0.15, 0.2) is 149 Å². The third kappa shape index (κ3) is 4.78. The number of nitriles is 1. The van der Waals surface area contributed by atoms with Gasteiger partial charge in [-0.25, -0.2) is 0 Å². The molecule has 3 heterocycles. The van der Waals surface area contributed by atoms with Gasteiger partial charge in [0.2, 0.25) is 0 Å². The molecule has 0 spiro atoms. The molecule has 0 saturated carbocycles. The van der Waals surface area contributed by atoms with Gasteiger partial charge in [-0.3, -0.25) is 10.3 Å². The van der Waals surface area contributed by atoms with E-state index in [1.807, 2.05) is 36.4 Å². The lowest BCUT2D eigenvalue weighted by Gasteiger charge is -2.28. The summed E-state index contributed by atoms with van der Waals surface area (Å²) in [5.41, 5.74) is 10.3. The van der Waals surface area contributed by atoms with Gasteiger partial charge in [-0.15, -0.1) is 0 Å². The third-order valence-corrected chi connectivity index (χ3v) is 9.75. The summed E-state index contributed by atoms with van der Waals surface area (Å²) in [5, 5.41) is 17.9. The summed E-state index contributed by atoms with van der Waals surface area (Å²) >= 11 is 0. The van der Waals surface area contributed by atoms with E-state index in [-0.39, 0.29) is 12.2 Å². The van der Waals surface area contributed by atoms with Crippen molar-refractivity contribution in [1.29, 1.82) is 5.26 Å². The Hall–Kier alpha value is -5.96. The van der Waals surface area contributed by atoms with Gasteiger partial charge in [0.05, 0.1) is 22.7 Å². The summed E-state index contributed by atoms with van der Waals surface area (Å²) < 4.78 is 8.88. The lowest BCUT2D eigenvalue weighted by molar-refractivity contribution is 0.417. The summed E-state index contributed by atoms with van der Waals surface area (Å²) in [4.78, 5) is 5.37. The van der Waals surface area contributed by atoms with E-state index in [4.69, 9.17) is 9.41 Å². The molecule has 0 amide bonds. The van der Waals surface area contributed by atoms with Crippen LogP contribution in [0.2, 0.25) is 0 Å². The lowest BCUT2D eigenvalue weighted by atomic mass is 9.95. The van der Waals surface area contributed by atoms with Crippen LogP contribution in [0.1, 0.15) is 53.7 Å². The second-order valence-electron chi connectivity index (χ2n) is 12.6. The fourth-order valence-corrected chi connectivity index (χ4v) is 7.38. The number of hydrogen-bond donors (Lipinski definition) is 1. The molecule has 0 aliphatic carbocycles. The van der Waals surface area contributed by atoms with Crippen molar-refractivity contribution in [2.75, 3.05) is 0 Å². The van der Waals surface area contributed by atoms with Crippen molar-refractivity contribution in [2.24, 2.45) is 4.99 Å². The SMILES string of the molecule is N#Cc1ccc(C2N=C(c3ccc(-n4c5ccccc5c5ccc6c7ccccc7oc6c54)cc3)CCCC(c3ccccc3)N2)cc1. The van der Waals surface area contributed by atoms with Crippen LogP contribution < -0.4 is 5.32 Å². The molecule has 0 saturated heterocycles. The molecule has 0 radical (unpaired) electrons. The molecule has 9 rings (SSSR count). The molecule has 0 fully saturated rings. The standard InChI is InChI=1S/C43H32N4O/c44-27-28-17-19-31(20-18-28)43-45-37(29-9-2-1-3-10-29)13-8-14-38(46-43)30-21-23-32(24-22-30)47-39-15-6-4-11-33(39)35-25-26-36-34-12-5-7-16-40(34)48-42(36)41(35)47/h1-7,9-12,15-26,37,43,45H,8,13-14H2. The van der Waals surface area contributed by atoms with E-state index in [0.717, 1.165) is 74.8 Å². The molecule has 5 nitrogen and oxygen atoms in total. The highest BCUT2D eigenvalue weighted by Gasteiger charge is 2.23. The van der Waals surface area contributed by atoms with E-state index >= 15 is 0 Å². The largest absolute Gasteiger partial charge is 0.454 e. The van der Waals surface area contributed by atoms with Gasteiger partial charge in [0.15, 0.2) is 5.58 Å². The average molecular weight is 621 g/mol. The van der Waals surface area contributed by atoms with Gasteiger partial charge in [0, 0.05) is 39.0 Å². The fourth-order valence-electron chi connectivity index (χ4n) is 7.38. The molecule has 6 aromatic carbocycles. The highest BCUT2D eigenvalue weighted by Crippen LogP contribution is 2.40. The Labute approximate surface area is 278 Å². The van der Waals surface area contributed by atoms with E-state index in [2.05, 4.69) is 119 Å². The van der Waals surface area contributed by atoms with Gasteiger partial charge in [-0.1, -0.05) is 97.1 Å². The number of nitrogens with one attached hydrogen (secondary N) is 1. The maximum atomic E-state index is 9.40. The van der Waals surface area contributed by atoms with Crippen LogP contribution in [0.5, 0.6) is 0 Å². The Morgan fingerprint density at radius 1 is 0.688 bits per heavy atom. The van der Waals surface area contributed by atoms with Crippen molar-refractivity contribution in [1.82, 2.24) is 9.88 Å². The summed E-state index contributed by atoms with van der Waals surface area (Å²) in [6.07, 6.45) is 2.66. The third-order valence-electron chi connectivity index (χ3n) is 9.75. The number of aromatic nitrogens is 1. The quantitative estimate of drug-likeness (QED) is 0.213. The van der Waals surface area contributed by atoms with Gasteiger partial charge in [0.25, 0.3) is 0 Å². The lowest BCUT2D eigenvalue weighted by Crippen LogP contribution is -2.28. The minimum atomic E-state index is -0.239. The van der Waals surface area contributed by atoms with E-state index in [0.29, 0.717) is 5.56 Å². The van der Waals surface area contributed by atoms with Crippen molar-refractivity contribution < 1.29 is 4.42 Å². The molecular weight excluding hydrogens is 589 g/mol. The number of fused-ring (bicyclic) bond motifs is 7. The van der Waals surface area contributed by atoms with Gasteiger partial charge in [0.1, 0.15) is 11.7 Å². The minimum absolute atomic E-state index is 0.185. The second-order valence-corrected chi connectivity index (χ2v) is 12.6. The Balaban J connectivity index is 1.15. The monoisotopic (exact) mass is 620 g/mol. The maximum Gasteiger partial charge on any atom is 0.160 e. The van der Waals surface area contributed by atoms with Gasteiger partial charge in [-0.2, -0.15) is 5.26 Å². The Morgan fingerprint density at radius 2 is 1.42 bits per heavy atom. The number of para-hydroxylation sites is 2. The first-order valence-electron chi connectivity index (χ1n) is 16.6. The molecular formula is C43H32N4O. The number of benzene rings is 6. The highest BCUT2D eigenvalue weighted by molar-refractivity contribution is 6.21. The zero-order valence-electron chi connectivity index (χ0n) is 26.3. The highest BCUT2D eigenvalue weighted by atomic mass is 16.3. The first-order chi connectivity index (χ1) is 23.7. The Bertz CT molecular complexity index is 2520. The van der Waals surface area contributed by atoms with E-state index in [9.17, 15) is 5.26 Å². The number of furan rings is 1. The van der Waals surface area contributed by atoms with Crippen LogP contribution in [0, 0.1) is 11.3 Å². The second kappa shape index (κ2) is 11.7. The zero-order chi connectivity index (χ0) is 32.0. The fraction of sp³-hybridized carbons (Fsp3) is 0.116. The predicted molar refractivity (Wildman–Crippen MR) is 195 cm³/mol. The summed E-state index contributed by atoms with van der Waals surface area (Å²) in [6.45, 7) is 0. The Kier molecular flexibility index (Phi) is 6.88. The summed E-state index contributed by atoms with van der Waals surface area (Å²) in [5.74, 6) is 0. The van der Waals surface area contributed by atoms with Crippen LogP contribution in [0.3, 0.4) is 0 Å². The van der Waals surface area contributed by atoms with Gasteiger partial charge < -0.3 is 8.98 Å². The Morgan fingerprint density at radius 3 is 2.23 bits per heavy atom. The predicted octanol–water partition coefficient (Wildman–Crippen LogP) is 10.6. The van der Waals surface area contributed by atoms with Crippen LogP contribution in [0.4, 0.5) is 0 Å². The molecule has 2 unspecified atom stereocenters. The molecule has 230 valence electrons. The number of rotatable bonds is 4. The minimum Gasteiger partial charge on any atom is -0.454 e. The van der Waals surface area contributed by atoms with Gasteiger partial charge >= 0.3 is 0 Å². The molecule has 1 aliphatic heterocycles. The topological polar surface area (TPSA) is 66.2 Å². The number of aliphatic imine (C=N–C) groups is 1. The summed E-state index contributed by atoms with van der Waals surface area (Å²) in [6, 6.07) is 51.0. The van der Waals surface area contributed by atoms with E-state index < -0.39 is 0 Å². The average Bonchev–Trinajstić information content (AvgIpc) is 3.68. The molecule has 8 aromatic rings. The molecule has 2 aromatic heterocycles. The van der Waals surface area contributed by atoms with E-state index in [1.165, 1.54) is 16.3 Å². The smallest absolute Gasteiger partial charge is 0.160 e. The maximum absolute atomic E-state index is 9.40. The van der Waals surface area contributed by atoms with Gasteiger partial charge in [-0.05, 0) is 78.4 Å². The number of nitrogens with zero attached hydrogens (tertiary/aromatic N) is 3. The van der Waals surface area contributed by atoms with Crippen LogP contribution >= 0.6 is 0 Å². The van der Waals surface area contributed by atoms with E-state index in [1.54, 1.807) is 0 Å². The van der Waals surface area contributed by atoms with Crippen LogP contribution in [-0.2, 0) is 0 Å². The first-order valence-corrected chi connectivity index (χ1v) is 16.6. The summed E-state index contributed by atoms with van der Waals surface area (Å²) in [7, 11) is 0. The molecule has 1 N–H and O–H groups in total.